The minimum absolute atomic E-state index is 0.0278. The van der Waals surface area contributed by atoms with Crippen molar-refractivity contribution >= 4 is 27.1 Å². The van der Waals surface area contributed by atoms with Crippen molar-refractivity contribution in [2.45, 2.75) is 5.03 Å². The highest BCUT2D eigenvalue weighted by Gasteiger charge is 2.20. The molecule has 0 aliphatic carbocycles. The Bertz CT molecular complexity index is 712. The van der Waals surface area contributed by atoms with Gasteiger partial charge < -0.3 is 0 Å². The predicted molar refractivity (Wildman–Crippen MR) is 58.0 cm³/mol. The average Bonchev–Trinajstić information content (AvgIpc) is 2.54. The lowest BCUT2D eigenvalue weighted by Gasteiger charge is -1.95. The normalized spacial score (nSPS) is 11.6. The Hall–Kier alpha value is -1.58. The Morgan fingerprint density at radius 3 is 2.75 bits per heavy atom. The van der Waals surface area contributed by atoms with Crippen molar-refractivity contribution in [3.8, 4) is 6.07 Å². The molecule has 0 aliphatic heterocycles. The minimum Gasteiger partial charge on any atom is -0.289 e. The number of nitrogens with zero attached hydrogens (tertiary/aromatic N) is 3. The maximum absolute atomic E-state index is 11.4. The van der Waals surface area contributed by atoms with Crippen LogP contribution in [0.5, 0.6) is 0 Å². The van der Waals surface area contributed by atoms with E-state index < -0.39 is 9.84 Å². The second kappa shape index (κ2) is 3.47. The summed E-state index contributed by atoms with van der Waals surface area (Å²) in [4.78, 5) is 3.89. The van der Waals surface area contributed by atoms with Crippen molar-refractivity contribution in [3.05, 3.63) is 29.0 Å². The number of imidazole rings is 1. The van der Waals surface area contributed by atoms with Crippen molar-refractivity contribution in [3.63, 3.8) is 0 Å². The van der Waals surface area contributed by atoms with Gasteiger partial charge in [-0.3, -0.25) is 4.40 Å². The molecule has 0 aliphatic rings. The van der Waals surface area contributed by atoms with Crippen LogP contribution in [0.4, 0.5) is 0 Å². The van der Waals surface area contributed by atoms with Crippen LogP contribution in [0.15, 0.2) is 23.4 Å². The van der Waals surface area contributed by atoms with Gasteiger partial charge in [-0.2, -0.15) is 5.26 Å². The third kappa shape index (κ3) is 1.64. The number of rotatable bonds is 1. The fourth-order valence-electron chi connectivity index (χ4n) is 1.36. The van der Waals surface area contributed by atoms with Crippen LogP contribution < -0.4 is 0 Å². The van der Waals surface area contributed by atoms with Crippen molar-refractivity contribution in [1.82, 2.24) is 9.38 Å². The fraction of sp³-hybridized carbons (Fsp3) is 0.111. The van der Waals surface area contributed by atoms with Gasteiger partial charge >= 0.3 is 0 Å². The summed E-state index contributed by atoms with van der Waals surface area (Å²) in [6.45, 7) is 0. The van der Waals surface area contributed by atoms with Gasteiger partial charge in [0.05, 0.1) is 5.02 Å². The van der Waals surface area contributed by atoms with Crippen LogP contribution >= 0.6 is 11.6 Å². The molecular weight excluding hydrogens is 250 g/mol. The lowest BCUT2D eigenvalue weighted by atomic mass is 10.4. The van der Waals surface area contributed by atoms with Crippen molar-refractivity contribution in [2.24, 2.45) is 0 Å². The van der Waals surface area contributed by atoms with Crippen LogP contribution in [0.25, 0.3) is 5.65 Å². The van der Waals surface area contributed by atoms with E-state index in [0.29, 0.717) is 10.7 Å². The molecule has 16 heavy (non-hydrogen) atoms. The first kappa shape index (κ1) is 10.9. The van der Waals surface area contributed by atoms with Crippen molar-refractivity contribution in [1.29, 1.82) is 5.26 Å². The van der Waals surface area contributed by atoms with E-state index >= 15 is 0 Å². The summed E-state index contributed by atoms with van der Waals surface area (Å²) < 4.78 is 24.2. The van der Waals surface area contributed by atoms with Crippen molar-refractivity contribution in [2.75, 3.05) is 6.26 Å². The van der Waals surface area contributed by atoms with Crippen LogP contribution in [-0.2, 0) is 9.84 Å². The van der Waals surface area contributed by atoms with Gasteiger partial charge in [-0.1, -0.05) is 11.6 Å². The topological polar surface area (TPSA) is 75.2 Å². The first-order valence-electron chi connectivity index (χ1n) is 4.21. The van der Waals surface area contributed by atoms with E-state index in [1.165, 1.54) is 10.6 Å². The smallest absolute Gasteiger partial charge is 0.195 e. The maximum Gasteiger partial charge on any atom is 0.195 e. The summed E-state index contributed by atoms with van der Waals surface area (Å²) >= 11 is 5.76. The molecular formula is C9H6ClN3O2S. The molecule has 2 rings (SSSR count). The molecule has 2 heterocycles. The van der Waals surface area contributed by atoms with E-state index in [4.69, 9.17) is 16.9 Å². The zero-order valence-corrected chi connectivity index (χ0v) is 9.75. The van der Waals surface area contributed by atoms with E-state index in [0.717, 1.165) is 6.26 Å². The fourth-order valence-corrected chi connectivity index (χ4v) is 2.27. The van der Waals surface area contributed by atoms with Gasteiger partial charge in [0.1, 0.15) is 11.7 Å². The number of halogens is 1. The Morgan fingerprint density at radius 1 is 1.50 bits per heavy atom. The molecule has 7 heteroatoms. The second-order valence-corrected chi connectivity index (χ2v) is 5.59. The van der Waals surface area contributed by atoms with E-state index in [9.17, 15) is 8.42 Å². The molecule has 5 nitrogen and oxygen atoms in total. The molecule has 0 saturated carbocycles. The van der Waals surface area contributed by atoms with Crippen LogP contribution in [0, 0.1) is 11.3 Å². The molecule has 0 unspecified atom stereocenters. The number of hydrogen-bond donors (Lipinski definition) is 0. The molecule has 2 aromatic heterocycles. The average molecular weight is 256 g/mol. The minimum atomic E-state index is -3.52. The number of aromatic nitrogens is 2. The predicted octanol–water partition coefficient (Wildman–Crippen LogP) is 1.26. The summed E-state index contributed by atoms with van der Waals surface area (Å²) in [5.74, 6) is 0. The number of pyridine rings is 1. The van der Waals surface area contributed by atoms with Crippen molar-refractivity contribution < 1.29 is 8.42 Å². The Morgan fingerprint density at radius 2 is 2.19 bits per heavy atom. The highest BCUT2D eigenvalue weighted by molar-refractivity contribution is 7.90. The van der Waals surface area contributed by atoms with Gasteiger partial charge in [-0.15, -0.1) is 0 Å². The molecule has 0 fully saturated rings. The van der Waals surface area contributed by atoms with Gasteiger partial charge in [0, 0.05) is 12.5 Å². The molecule has 0 bridgehead atoms. The summed E-state index contributed by atoms with van der Waals surface area (Å²) in [6.07, 6.45) is 2.47. The third-order valence-electron chi connectivity index (χ3n) is 2.01. The lowest BCUT2D eigenvalue weighted by Crippen LogP contribution is -2.00. The molecule has 0 radical (unpaired) electrons. The third-order valence-corrected chi connectivity index (χ3v) is 3.22. The molecule has 2 aromatic rings. The first-order chi connectivity index (χ1) is 7.43. The summed E-state index contributed by atoms with van der Waals surface area (Å²) in [5, 5.41) is 9.12. The number of nitriles is 1. The van der Waals surface area contributed by atoms with Gasteiger partial charge in [0.15, 0.2) is 20.6 Å². The number of sulfone groups is 1. The van der Waals surface area contributed by atoms with Crippen LogP contribution in [0.3, 0.4) is 0 Å². The van der Waals surface area contributed by atoms with Gasteiger partial charge in [0.25, 0.3) is 0 Å². The zero-order chi connectivity index (χ0) is 11.9. The largest absolute Gasteiger partial charge is 0.289 e. The van der Waals surface area contributed by atoms with Gasteiger partial charge in [0.2, 0.25) is 0 Å². The van der Waals surface area contributed by atoms with Crippen LogP contribution in [0.1, 0.15) is 5.69 Å². The van der Waals surface area contributed by atoms with Gasteiger partial charge in [-0.25, -0.2) is 13.4 Å². The molecule has 0 atom stereocenters. The Balaban J connectivity index is 2.95. The zero-order valence-electron chi connectivity index (χ0n) is 8.18. The molecule has 0 aromatic carbocycles. The van der Waals surface area contributed by atoms with E-state index in [1.54, 1.807) is 12.1 Å². The summed E-state index contributed by atoms with van der Waals surface area (Å²) in [7, 11) is -3.52. The molecule has 0 spiro atoms. The Labute approximate surface area is 96.8 Å². The molecule has 82 valence electrons. The monoisotopic (exact) mass is 255 g/mol. The molecule has 0 amide bonds. The number of fused-ring (bicyclic) bond motifs is 1. The molecule has 0 N–H and O–H groups in total. The highest BCUT2D eigenvalue weighted by Crippen LogP contribution is 2.19. The lowest BCUT2D eigenvalue weighted by molar-refractivity contribution is 0.598. The highest BCUT2D eigenvalue weighted by atomic mass is 35.5. The standard InChI is InChI=1S/C9H6ClN3O2S/c1-16(14,15)9-7(4-11)13-5-6(10)2-3-8(13)12-9/h2-3,5H,1H3. The number of hydrogen-bond acceptors (Lipinski definition) is 4. The van der Waals surface area contributed by atoms with Crippen LogP contribution in [-0.4, -0.2) is 24.1 Å². The maximum atomic E-state index is 11.4. The second-order valence-electron chi connectivity index (χ2n) is 3.23. The summed E-state index contributed by atoms with van der Waals surface area (Å²) in [6, 6.07) is 4.95. The quantitative estimate of drug-likeness (QED) is 0.769. The van der Waals surface area contributed by atoms with E-state index in [2.05, 4.69) is 4.98 Å². The van der Waals surface area contributed by atoms with Gasteiger partial charge in [-0.05, 0) is 12.1 Å². The molecule has 0 saturated heterocycles. The SMILES string of the molecule is CS(=O)(=O)c1nc2ccc(Cl)cn2c1C#N. The first-order valence-corrected chi connectivity index (χ1v) is 6.48. The Kier molecular flexibility index (Phi) is 2.37. The van der Waals surface area contributed by atoms with Crippen LogP contribution in [0.2, 0.25) is 5.02 Å². The van der Waals surface area contributed by atoms with E-state index in [-0.39, 0.29) is 10.7 Å². The van der Waals surface area contributed by atoms with E-state index in [1.807, 2.05) is 6.07 Å². The summed E-state index contributed by atoms with van der Waals surface area (Å²) in [5.41, 5.74) is 0.348.